The highest BCUT2D eigenvalue weighted by atomic mass is 16.8. The Morgan fingerprint density at radius 3 is 1.17 bits per heavy atom. The maximum atomic E-state index is 13.2. The van der Waals surface area contributed by atoms with Crippen LogP contribution in [0.1, 0.15) is 20.8 Å². The smallest absolute Gasteiger partial charge is 0.217 e. The van der Waals surface area contributed by atoms with Crippen molar-refractivity contribution >= 4 is 11.8 Å². The van der Waals surface area contributed by atoms with Crippen molar-refractivity contribution in [3.63, 3.8) is 0 Å². The lowest BCUT2D eigenvalue weighted by atomic mass is 9.93. The molecule has 0 aromatic rings. The number of carbonyl (C=O) groups is 2. The van der Waals surface area contributed by atoms with Crippen LogP contribution in [0.25, 0.3) is 0 Å². The van der Waals surface area contributed by atoms with Crippen LogP contribution in [0.15, 0.2) is 0 Å². The Bertz CT molecular complexity index is 2040. The third kappa shape index (κ3) is 14.9. The molecule has 7 aliphatic heterocycles. The van der Waals surface area contributed by atoms with Gasteiger partial charge in [0, 0.05) is 13.8 Å². The van der Waals surface area contributed by atoms with Crippen LogP contribution in [0.5, 0.6) is 0 Å². The van der Waals surface area contributed by atoms with E-state index in [1.807, 2.05) is 0 Å². The first-order chi connectivity index (χ1) is 39.2. The molecule has 0 bridgehead atoms. The quantitative estimate of drug-likeness (QED) is 0.0538. The van der Waals surface area contributed by atoms with Crippen molar-refractivity contribution in [1.82, 2.24) is 10.6 Å². The second-order valence-electron chi connectivity index (χ2n) is 21.1. The summed E-state index contributed by atoms with van der Waals surface area (Å²) in [5, 5.41) is 220. The summed E-state index contributed by atoms with van der Waals surface area (Å²) in [7, 11) is 0. The molecule has 35 atom stereocenters. The lowest BCUT2D eigenvalue weighted by molar-refractivity contribution is -0.391. The molecule has 7 fully saturated rings. The number of nitrogens with one attached hydrogen (secondary N) is 2. The number of aliphatic hydroxyl groups excluding tert-OH is 20. The maximum absolute atomic E-state index is 13.2. The minimum absolute atomic E-state index is 0.856. The fraction of sp³-hybridized carbons (Fsp3) is 0.957. The number of carbonyl (C=O) groups excluding carboxylic acids is 2. The Labute approximate surface area is 470 Å². The Balaban J connectivity index is 1.24. The summed E-state index contributed by atoms with van der Waals surface area (Å²) in [6, 6.07) is -3.72. The van der Waals surface area contributed by atoms with Gasteiger partial charge < -0.3 is 174 Å². The Hall–Kier alpha value is -2.38. The zero-order valence-corrected chi connectivity index (χ0v) is 44.5. The number of amides is 2. The molecule has 37 nitrogen and oxygen atoms in total. The van der Waals surface area contributed by atoms with E-state index in [1.54, 1.807) is 0 Å². The second kappa shape index (κ2) is 29.3. The molecule has 0 spiro atoms. The van der Waals surface area contributed by atoms with Crippen molar-refractivity contribution in [2.45, 2.75) is 236 Å². The topological polar surface area (TPSA) is 583 Å². The van der Waals surface area contributed by atoms with Crippen molar-refractivity contribution in [3.05, 3.63) is 0 Å². The van der Waals surface area contributed by atoms with E-state index >= 15 is 0 Å². The van der Waals surface area contributed by atoms with Gasteiger partial charge in [0.1, 0.15) is 165 Å². The Morgan fingerprint density at radius 1 is 0.337 bits per heavy atom. The van der Waals surface area contributed by atoms with Crippen LogP contribution in [-0.4, -0.2) is 368 Å². The van der Waals surface area contributed by atoms with Gasteiger partial charge in [-0.1, -0.05) is 0 Å². The van der Waals surface area contributed by atoms with Gasteiger partial charge in [-0.2, -0.15) is 0 Å². The summed E-state index contributed by atoms with van der Waals surface area (Å²) in [5.41, 5.74) is 0. The summed E-state index contributed by atoms with van der Waals surface area (Å²) in [6.07, 6.45) is -64.1. The normalized spacial score (nSPS) is 50.8. The fourth-order valence-electron chi connectivity index (χ4n) is 10.5. The molecule has 37 heteroatoms. The van der Waals surface area contributed by atoms with Gasteiger partial charge in [-0.05, 0) is 6.92 Å². The van der Waals surface area contributed by atoms with E-state index in [2.05, 4.69) is 10.6 Å². The van der Waals surface area contributed by atoms with Crippen molar-refractivity contribution in [3.8, 4) is 0 Å². The van der Waals surface area contributed by atoms with Gasteiger partial charge >= 0.3 is 0 Å². The van der Waals surface area contributed by atoms with Crippen LogP contribution >= 0.6 is 0 Å². The molecule has 482 valence electrons. The fourth-order valence-corrected chi connectivity index (χ4v) is 10.5. The standard InChI is InChI=1S/C46H78N2O35/c1-10-21(55)27(61)33(67)44(73-10)82-38-20(48-12(3)54)41(78-16(7-52)36(38)80-45-34(68)30(64)24(58)15(6-51)77-45)83-39-26(60)18(9-72-43-32(66)29(63)23(57)14(5-50)76-43)79-46(35(39)69)81-37-19(47-11(2)53)40(70)74-17(25(37)59)8-71-42-31(65)28(62)22(56)13(4-49)75-42/h10,13-46,49-52,55-70H,4-9H2,1-3H3,(H,47,53)(H,48,54)/t10-,13+,14+,15+,16+,17+,18+,19+,20+,21+,22-,23-,24-,25-,26-,27+,28-,29-,30-,31+,32+,33-,34+,35+,36+,37+,38+,39-,40?,41-,42+,43+,44-,45-,46-/m0/s1. The van der Waals surface area contributed by atoms with E-state index in [0.717, 1.165) is 13.8 Å². The van der Waals surface area contributed by atoms with Gasteiger partial charge in [0.25, 0.3) is 0 Å². The second-order valence-corrected chi connectivity index (χ2v) is 21.1. The molecule has 7 saturated heterocycles. The molecule has 0 aromatic heterocycles. The van der Waals surface area contributed by atoms with Crippen LogP contribution in [0, 0.1) is 0 Å². The number of aliphatic hydroxyl groups is 20. The minimum atomic E-state index is -2.40. The van der Waals surface area contributed by atoms with E-state index < -0.39 is 266 Å². The monoisotopic (exact) mass is 1220 g/mol. The molecule has 83 heavy (non-hydrogen) atoms. The zero-order valence-electron chi connectivity index (χ0n) is 44.5. The van der Waals surface area contributed by atoms with Gasteiger partial charge in [0.2, 0.25) is 11.8 Å². The summed E-state index contributed by atoms with van der Waals surface area (Å²) in [4.78, 5) is 25.8. The molecule has 0 radical (unpaired) electrons. The highest BCUT2D eigenvalue weighted by Crippen LogP contribution is 2.38. The van der Waals surface area contributed by atoms with Gasteiger partial charge in [-0.15, -0.1) is 0 Å². The van der Waals surface area contributed by atoms with Gasteiger partial charge in [0.15, 0.2) is 44.0 Å². The zero-order chi connectivity index (χ0) is 61.2. The first-order valence-electron chi connectivity index (χ1n) is 26.5. The molecule has 2 amide bonds. The number of hydrogen-bond acceptors (Lipinski definition) is 35. The minimum Gasteiger partial charge on any atom is -0.394 e. The molecule has 7 heterocycles. The van der Waals surface area contributed by atoms with Crippen LogP contribution in [0.2, 0.25) is 0 Å². The number of hydrogen-bond donors (Lipinski definition) is 22. The van der Waals surface area contributed by atoms with Crippen molar-refractivity contribution in [2.24, 2.45) is 0 Å². The first kappa shape index (κ1) is 68.1. The molecule has 0 saturated carbocycles. The molecular weight excluding hydrogens is 1140 g/mol. The lowest BCUT2D eigenvalue weighted by Gasteiger charge is -2.52. The molecule has 7 rings (SSSR count). The summed E-state index contributed by atoms with van der Waals surface area (Å²) in [5.74, 6) is -1.80. The third-order valence-corrected chi connectivity index (χ3v) is 15.3. The molecule has 1 unspecified atom stereocenters. The van der Waals surface area contributed by atoms with Crippen LogP contribution < -0.4 is 10.6 Å². The van der Waals surface area contributed by atoms with Gasteiger partial charge in [-0.25, -0.2) is 0 Å². The van der Waals surface area contributed by atoms with E-state index in [0.29, 0.717) is 0 Å². The van der Waals surface area contributed by atoms with E-state index in [-0.39, 0.29) is 0 Å². The van der Waals surface area contributed by atoms with Crippen molar-refractivity contribution in [2.75, 3.05) is 39.6 Å². The Kier molecular flexibility index (Phi) is 24.0. The van der Waals surface area contributed by atoms with Crippen LogP contribution in [0.3, 0.4) is 0 Å². The third-order valence-electron chi connectivity index (χ3n) is 15.3. The predicted octanol–water partition coefficient (Wildman–Crippen LogP) is -15.0. The first-order valence-corrected chi connectivity index (χ1v) is 26.5. The molecule has 22 N–H and O–H groups in total. The van der Waals surface area contributed by atoms with Gasteiger partial charge in [-0.3, -0.25) is 9.59 Å². The van der Waals surface area contributed by atoms with Gasteiger partial charge in [0.05, 0.1) is 45.7 Å². The van der Waals surface area contributed by atoms with Crippen molar-refractivity contribution in [1.29, 1.82) is 0 Å². The lowest BCUT2D eigenvalue weighted by Crippen LogP contribution is -2.71. The molecule has 7 aliphatic rings. The van der Waals surface area contributed by atoms with E-state index in [4.69, 9.17) is 61.6 Å². The van der Waals surface area contributed by atoms with Crippen LogP contribution in [0.4, 0.5) is 0 Å². The molecular formula is C46H78N2O35. The van der Waals surface area contributed by atoms with Crippen molar-refractivity contribution < 1.29 is 173 Å². The Morgan fingerprint density at radius 2 is 0.687 bits per heavy atom. The number of ether oxygens (including phenoxy) is 13. The summed E-state index contributed by atoms with van der Waals surface area (Å²) in [6.45, 7) is -2.47. The molecule has 0 aliphatic carbocycles. The number of rotatable bonds is 20. The van der Waals surface area contributed by atoms with E-state index in [1.165, 1.54) is 6.92 Å². The summed E-state index contributed by atoms with van der Waals surface area (Å²) >= 11 is 0. The van der Waals surface area contributed by atoms with E-state index in [9.17, 15) is 112 Å². The summed E-state index contributed by atoms with van der Waals surface area (Å²) < 4.78 is 75.5. The SMILES string of the molecule is CC(=O)N[C@H]1[C@H](O[C@H]2[C@@H](O)[C@@H](CO[C@@H]3O[C@H](CO)[C@H](O)[C@H](O)[C@H]3O)O[C@@H](O[C@H]3[C@@H](O)[C@@H](CO[C@@H]4O[C@H](CO)[C@H](O)[C@H](O)[C@H]4O)OC(O)[C@@H]3NC(C)=O)[C@@H]2O)O[C@H](CO)[C@@H](O[C@@H]2O[C@H](CO)[C@H](O)[C@H](O)[C@H]2O)[C@@H]1O[C@@H]1O[C@@H](C)[C@@H](O)[C@@H](O)[C@@H]1O. The highest BCUT2D eigenvalue weighted by molar-refractivity contribution is 5.73. The average molecular weight is 1220 g/mol. The predicted molar refractivity (Wildman–Crippen MR) is 254 cm³/mol. The maximum Gasteiger partial charge on any atom is 0.217 e. The van der Waals surface area contributed by atoms with Crippen LogP contribution in [-0.2, 0) is 71.2 Å². The molecule has 0 aromatic carbocycles. The largest absolute Gasteiger partial charge is 0.394 e. The highest BCUT2D eigenvalue weighted by Gasteiger charge is 2.59. The average Bonchev–Trinajstić information content (AvgIpc) is 2.89.